The van der Waals surface area contributed by atoms with Crippen LogP contribution in [0.3, 0.4) is 0 Å². The highest BCUT2D eigenvalue weighted by atomic mass is 15.2. The van der Waals surface area contributed by atoms with Gasteiger partial charge in [0.2, 0.25) is 0 Å². The second kappa shape index (κ2) is 4.84. The molecule has 0 spiro atoms. The molecule has 1 aliphatic heterocycles. The van der Waals surface area contributed by atoms with Crippen LogP contribution in [0.15, 0.2) is 0 Å². The summed E-state index contributed by atoms with van der Waals surface area (Å²) in [5.41, 5.74) is 6.18. The topological polar surface area (TPSA) is 29.3 Å². The van der Waals surface area contributed by atoms with E-state index >= 15 is 0 Å². The van der Waals surface area contributed by atoms with Crippen molar-refractivity contribution in [3.05, 3.63) is 0 Å². The molecule has 0 aromatic heterocycles. The predicted molar refractivity (Wildman–Crippen MR) is 64.7 cm³/mol. The summed E-state index contributed by atoms with van der Waals surface area (Å²) in [6, 6.07) is 1.27. The van der Waals surface area contributed by atoms with Crippen molar-refractivity contribution < 1.29 is 0 Å². The number of hydrogen-bond donors (Lipinski definition) is 1. The molecule has 0 bridgehead atoms. The van der Waals surface area contributed by atoms with Crippen LogP contribution in [0.5, 0.6) is 0 Å². The summed E-state index contributed by atoms with van der Waals surface area (Å²) in [7, 11) is 0. The van der Waals surface area contributed by atoms with E-state index in [1.807, 2.05) is 0 Å². The van der Waals surface area contributed by atoms with E-state index in [2.05, 4.69) is 18.7 Å². The van der Waals surface area contributed by atoms with Gasteiger partial charge in [-0.2, -0.15) is 0 Å². The molecule has 0 aromatic rings. The van der Waals surface area contributed by atoms with Crippen LogP contribution in [0, 0.1) is 11.8 Å². The maximum atomic E-state index is 6.18. The van der Waals surface area contributed by atoms with Gasteiger partial charge in [-0.1, -0.05) is 26.7 Å². The quantitative estimate of drug-likeness (QED) is 0.757. The van der Waals surface area contributed by atoms with Crippen LogP contribution in [0.25, 0.3) is 0 Å². The van der Waals surface area contributed by atoms with Gasteiger partial charge in [0.15, 0.2) is 0 Å². The van der Waals surface area contributed by atoms with Crippen molar-refractivity contribution in [1.29, 1.82) is 0 Å². The van der Waals surface area contributed by atoms with Crippen molar-refractivity contribution in [3.63, 3.8) is 0 Å². The van der Waals surface area contributed by atoms with E-state index in [0.29, 0.717) is 6.04 Å². The third kappa shape index (κ3) is 2.36. The van der Waals surface area contributed by atoms with Gasteiger partial charge in [-0.25, -0.2) is 0 Å². The number of nitrogens with zero attached hydrogens (tertiary/aromatic N) is 1. The minimum Gasteiger partial charge on any atom is -0.326 e. The lowest BCUT2D eigenvalue weighted by Crippen LogP contribution is -2.52. The van der Waals surface area contributed by atoms with Crippen LogP contribution in [-0.4, -0.2) is 30.1 Å². The molecule has 1 saturated heterocycles. The molecule has 4 unspecified atom stereocenters. The van der Waals surface area contributed by atoms with Gasteiger partial charge in [0.05, 0.1) is 0 Å². The Bertz CT molecular complexity index is 205. The number of nitrogens with two attached hydrogens (primary N) is 1. The monoisotopic (exact) mass is 210 g/mol. The Morgan fingerprint density at radius 1 is 1.27 bits per heavy atom. The lowest BCUT2D eigenvalue weighted by Gasteiger charge is -2.40. The summed E-state index contributed by atoms with van der Waals surface area (Å²) < 4.78 is 0. The average Bonchev–Trinajstić information content (AvgIpc) is 2.70. The molecular formula is C13H26N2. The highest BCUT2D eigenvalue weighted by Crippen LogP contribution is 2.34. The van der Waals surface area contributed by atoms with Crippen molar-refractivity contribution >= 4 is 0 Å². The lowest BCUT2D eigenvalue weighted by molar-refractivity contribution is 0.0968. The van der Waals surface area contributed by atoms with Gasteiger partial charge in [-0.3, -0.25) is 4.90 Å². The maximum absolute atomic E-state index is 6.18. The maximum Gasteiger partial charge on any atom is 0.0194 e. The summed E-state index contributed by atoms with van der Waals surface area (Å²) in [6.07, 6.45) is 6.95. The normalized spacial score (nSPS) is 43.4. The molecule has 4 atom stereocenters. The number of hydrogen-bond acceptors (Lipinski definition) is 2. The Kier molecular flexibility index (Phi) is 3.68. The smallest absolute Gasteiger partial charge is 0.0194 e. The molecule has 0 aromatic carbocycles. The van der Waals surface area contributed by atoms with Gasteiger partial charge in [-0.15, -0.1) is 0 Å². The standard InChI is InChI=1S/C13H26N2/c1-3-11-5-4-6-13(11)15-8-7-10(2)12(14)9-15/h10-13H,3-9,14H2,1-2H3. The summed E-state index contributed by atoms with van der Waals surface area (Å²) in [4.78, 5) is 2.69. The largest absolute Gasteiger partial charge is 0.326 e. The zero-order valence-corrected chi connectivity index (χ0v) is 10.3. The Morgan fingerprint density at radius 2 is 2.07 bits per heavy atom. The molecule has 2 aliphatic rings. The zero-order valence-electron chi connectivity index (χ0n) is 10.3. The highest BCUT2D eigenvalue weighted by molar-refractivity contribution is 4.90. The van der Waals surface area contributed by atoms with E-state index in [1.54, 1.807) is 0 Å². The first-order valence-electron chi connectivity index (χ1n) is 6.72. The molecule has 2 fully saturated rings. The Labute approximate surface area is 94.2 Å². The molecular weight excluding hydrogens is 184 g/mol. The molecule has 0 radical (unpaired) electrons. The van der Waals surface area contributed by atoms with Crippen molar-refractivity contribution in [1.82, 2.24) is 4.90 Å². The minimum absolute atomic E-state index is 0.414. The number of piperidine rings is 1. The first-order chi connectivity index (χ1) is 7.22. The summed E-state index contributed by atoms with van der Waals surface area (Å²) >= 11 is 0. The van der Waals surface area contributed by atoms with Crippen LogP contribution >= 0.6 is 0 Å². The van der Waals surface area contributed by atoms with E-state index < -0.39 is 0 Å². The van der Waals surface area contributed by atoms with Crippen molar-refractivity contribution in [3.8, 4) is 0 Å². The van der Waals surface area contributed by atoms with E-state index in [0.717, 1.165) is 24.4 Å². The molecule has 1 saturated carbocycles. The van der Waals surface area contributed by atoms with Crippen LogP contribution in [0.2, 0.25) is 0 Å². The van der Waals surface area contributed by atoms with Gasteiger partial charge in [0.1, 0.15) is 0 Å². The summed E-state index contributed by atoms with van der Waals surface area (Å²) in [6.45, 7) is 7.07. The van der Waals surface area contributed by atoms with Gasteiger partial charge in [0.25, 0.3) is 0 Å². The Morgan fingerprint density at radius 3 is 2.73 bits per heavy atom. The van der Waals surface area contributed by atoms with Crippen molar-refractivity contribution in [2.24, 2.45) is 17.6 Å². The summed E-state index contributed by atoms with van der Waals surface area (Å²) in [5.74, 6) is 1.67. The van der Waals surface area contributed by atoms with Crippen LogP contribution in [0.1, 0.15) is 46.0 Å². The van der Waals surface area contributed by atoms with Gasteiger partial charge >= 0.3 is 0 Å². The van der Waals surface area contributed by atoms with Gasteiger partial charge < -0.3 is 5.73 Å². The van der Waals surface area contributed by atoms with E-state index in [4.69, 9.17) is 5.73 Å². The Balaban J connectivity index is 1.93. The fraction of sp³-hybridized carbons (Fsp3) is 1.00. The highest BCUT2D eigenvalue weighted by Gasteiger charge is 2.34. The first-order valence-corrected chi connectivity index (χ1v) is 6.72. The van der Waals surface area contributed by atoms with Crippen LogP contribution in [0.4, 0.5) is 0 Å². The summed E-state index contributed by atoms with van der Waals surface area (Å²) in [5, 5.41) is 0. The predicted octanol–water partition coefficient (Wildman–Crippen LogP) is 2.23. The lowest BCUT2D eigenvalue weighted by atomic mass is 9.90. The van der Waals surface area contributed by atoms with Crippen LogP contribution < -0.4 is 5.73 Å². The Hall–Kier alpha value is -0.0800. The molecule has 1 heterocycles. The fourth-order valence-corrected chi connectivity index (χ4v) is 3.40. The van der Waals surface area contributed by atoms with E-state index in [-0.39, 0.29) is 0 Å². The number of rotatable bonds is 2. The van der Waals surface area contributed by atoms with E-state index in [1.165, 1.54) is 38.6 Å². The van der Waals surface area contributed by atoms with Crippen LogP contribution in [-0.2, 0) is 0 Å². The van der Waals surface area contributed by atoms with Crippen molar-refractivity contribution in [2.45, 2.75) is 58.0 Å². The third-order valence-corrected chi connectivity index (χ3v) is 4.66. The molecule has 2 N–H and O–H groups in total. The fourth-order valence-electron chi connectivity index (χ4n) is 3.40. The second-order valence-electron chi connectivity index (χ2n) is 5.59. The van der Waals surface area contributed by atoms with E-state index in [9.17, 15) is 0 Å². The molecule has 15 heavy (non-hydrogen) atoms. The molecule has 1 aliphatic carbocycles. The van der Waals surface area contributed by atoms with Gasteiger partial charge in [0, 0.05) is 18.6 Å². The molecule has 2 nitrogen and oxygen atoms in total. The first kappa shape index (κ1) is 11.4. The average molecular weight is 210 g/mol. The SMILES string of the molecule is CCC1CCCC1N1CCC(C)C(N)C1. The van der Waals surface area contributed by atoms with Gasteiger partial charge in [-0.05, 0) is 37.6 Å². The zero-order chi connectivity index (χ0) is 10.8. The molecule has 2 rings (SSSR count). The van der Waals surface area contributed by atoms with Crippen molar-refractivity contribution in [2.75, 3.05) is 13.1 Å². The third-order valence-electron chi connectivity index (χ3n) is 4.66. The molecule has 0 amide bonds. The minimum atomic E-state index is 0.414. The molecule has 2 heteroatoms. The molecule has 88 valence electrons. The number of likely N-dealkylation sites (tertiary alicyclic amines) is 1. The second-order valence-corrected chi connectivity index (χ2v) is 5.59.